The lowest BCUT2D eigenvalue weighted by atomic mass is 9.65. The molecule has 3 rings (SSSR count). The van der Waals surface area contributed by atoms with Crippen molar-refractivity contribution in [1.82, 2.24) is 5.06 Å². The van der Waals surface area contributed by atoms with Crippen molar-refractivity contribution >= 4 is 5.91 Å². The lowest BCUT2D eigenvalue weighted by Gasteiger charge is -2.56. The van der Waals surface area contributed by atoms with E-state index in [2.05, 4.69) is 0 Å². The normalized spacial score (nSPS) is 41.9. The van der Waals surface area contributed by atoms with E-state index >= 15 is 0 Å². The van der Waals surface area contributed by atoms with E-state index in [1.807, 2.05) is 0 Å². The molecule has 0 bridgehead atoms. The van der Waals surface area contributed by atoms with E-state index in [1.165, 1.54) is 19.3 Å². The zero-order valence-corrected chi connectivity index (χ0v) is 10.2. The first-order valence-corrected chi connectivity index (χ1v) is 6.87. The molecule has 1 amide bonds. The van der Waals surface area contributed by atoms with Gasteiger partial charge in [-0.3, -0.25) is 9.63 Å². The summed E-state index contributed by atoms with van der Waals surface area (Å²) in [5, 5.41) is 10.9. The SMILES string of the molecule is O=C1CC[C@@H]2CCCC[C@]23CC[C@H](CO)ON13. The average Bonchev–Trinajstić information content (AvgIpc) is 2.38. The Morgan fingerprint density at radius 3 is 3.00 bits per heavy atom. The minimum Gasteiger partial charge on any atom is -0.394 e. The topological polar surface area (TPSA) is 49.8 Å². The molecule has 1 aliphatic carbocycles. The summed E-state index contributed by atoms with van der Waals surface area (Å²) in [6.07, 6.45) is 8.17. The number of hydrogen-bond acceptors (Lipinski definition) is 3. The van der Waals surface area contributed by atoms with Crippen LogP contribution >= 0.6 is 0 Å². The van der Waals surface area contributed by atoms with Gasteiger partial charge in [0.25, 0.3) is 0 Å². The number of carbonyl (C=O) groups excluding carboxylic acids is 1. The second kappa shape index (κ2) is 4.25. The van der Waals surface area contributed by atoms with Gasteiger partial charge in [0.1, 0.15) is 6.10 Å². The van der Waals surface area contributed by atoms with Crippen molar-refractivity contribution in [2.45, 2.75) is 63.0 Å². The molecular formula is C13H21NO3. The summed E-state index contributed by atoms with van der Waals surface area (Å²) in [4.78, 5) is 17.8. The van der Waals surface area contributed by atoms with Gasteiger partial charge in [-0.05, 0) is 38.0 Å². The van der Waals surface area contributed by atoms with Gasteiger partial charge in [0.05, 0.1) is 12.1 Å². The molecule has 17 heavy (non-hydrogen) atoms. The second-order valence-electron chi connectivity index (χ2n) is 5.72. The minimum absolute atomic E-state index is 0.0184. The third kappa shape index (κ3) is 1.69. The Bertz CT molecular complexity index is 320. The standard InChI is InChI=1S/C13H21NO3/c15-9-11-6-8-13-7-2-1-3-10(13)4-5-12(16)14(13)17-11/h10-11,15H,1-9H2/t10-,11+,13-/m0/s1. The van der Waals surface area contributed by atoms with Crippen LogP contribution in [0.15, 0.2) is 0 Å². The molecule has 0 aromatic rings. The van der Waals surface area contributed by atoms with Gasteiger partial charge in [-0.25, -0.2) is 5.06 Å². The molecule has 0 unspecified atom stereocenters. The Labute approximate surface area is 102 Å². The third-order valence-electron chi connectivity index (χ3n) is 4.87. The van der Waals surface area contributed by atoms with Gasteiger partial charge in [-0.2, -0.15) is 0 Å². The largest absolute Gasteiger partial charge is 0.394 e. The number of hydrogen-bond donors (Lipinski definition) is 1. The van der Waals surface area contributed by atoms with E-state index in [1.54, 1.807) is 5.06 Å². The molecule has 4 nitrogen and oxygen atoms in total. The van der Waals surface area contributed by atoms with Crippen LogP contribution in [0.4, 0.5) is 0 Å². The molecule has 4 heteroatoms. The number of nitrogens with zero attached hydrogens (tertiary/aromatic N) is 1. The van der Waals surface area contributed by atoms with Gasteiger partial charge in [-0.1, -0.05) is 12.8 Å². The fourth-order valence-corrected chi connectivity index (χ4v) is 3.95. The quantitative estimate of drug-likeness (QED) is 0.756. The van der Waals surface area contributed by atoms with E-state index in [4.69, 9.17) is 4.84 Å². The molecule has 3 atom stereocenters. The smallest absolute Gasteiger partial charge is 0.246 e. The Balaban J connectivity index is 1.88. The van der Waals surface area contributed by atoms with Crippen LogP contribution in [0, 0.1) is 5.92 Å². The molecule has 1 saturated carbocycles. The van der Waals surface area contributed by atoms with Gasteiger partial charge >= 0.3 is 0 Å². The van der Waals surface area contributed by atoms with Crippen LogP contribution in [0.25, 0.3) is 0 Å². The summed E-state index contributed by atoms with van der Waals surface area (Å²) in [5.74, 6) is 0.745. The molecule has 0 aromatic carbocycles. The Kier molecular flexibility index (Phi) is 2.87. The second-order valence-corrected chi connectivity index (χ2v) is 5.72. The molecule has 1 spiro atoms. The van der Waals surface area contributed by atoms with Crippen molar-refractivity contribution in [2.24, 2.45) is 5.92 Å². The summed E-state index contributed by atoms with van der Waals surface area (Å²) in [6.45, 7) is 0.0184. The average molecular weight is 239 g/mol. The van der Waals surface area contributed by atoms with Crippen molar-refractivity contribution in [3.63, 3.8) is 0 Å². The van der Waals surface area contributed by atoms with Crippen molar-refractivity contribution in [1.29, 1.82) is 0 Å². The van der Waals surface area contributed by atoms with Crippen LogP contribution in [0.1, 0.15) is 51.4 Å². The van der Waals surface area contributed by atoms with Crippen molar-refractivity contribution in [3.05, 3.63) is 0 Å². The lowest BCUT2D eigenvalue weighted by Crippen LogP contribution is -2.64. The molecule has 96 valence electrons. The first-order valence-electron chi connectivity index (χ1n) is 6.87. The zero-order chi connectivity index (χ0) is 11.9. The van der Waals surface area contributed by atoms with Crippen molar-refractivity contribution in [2.75, 3.05) is 6.61 Å². The van der Waals surface area contributed by atoms with Crippen molar-refractivity contribution < 1.29 is 14.7 Å². The fraction of sp³-hybridized carbons (Fsp3) is 0.923. The summed E-state index contributed by atoms with van der Waals surface area (Å²) in [7, 11) is 0. The van der Waals surface area contributed by atoms with Crippen LogP contribution in [-0.2, 0) is 9.63 Å². The Morgan fingerprint density at radius 1 is 1.29 bits per heavy atom. The highest BCUT2D eigenvalue weighted by Gasteiger charge is 2.53. The number of rotatable bonds is 1. The molecular weight excluding hydrogens is 218 g/mol. The summed E-state index contributed by atoms with van der Waals surface area (Å²) < 4.78 is 0. The third-order valence-corrected chi connectivity index (χ3v) is 4.87. The Hall–Kier alpha value is -0.610. The maximum absolute atomic E-state index is 12.1. The Morgan fingerprint density at radius 2 is 2.18 bits per heavy atom. The number of amides is 1. The molecule has 0 radical (unpaired) electrons. The fourth-order valence-electron chi connectivity index (χ4n) is 3.95. The monoisotopic (exact) mass is 239 g/mol. The van der Waals surface area contributed by atoms with Crippen LogP contribution < -0.4 is 0 Å². The van der Waals surface area contributed by atoms with E-state index < -0.39 is 0 Å². The summed E-state index contributed by atoms with van der Waals surface area (Å²) >= 11 is 0. The molecule has 3 fully saturated rings. The summed E-state index contributed by atoms with van der Waals surface area (Å²) in [6, 6.07) is 0. The first-order chi connectivity index (χ1) is 8.26. The predicted molar refractivity (Wildman–Crippen MR) is 62.0 cm³/mol. The van der Waals surface area contributed by atoms with Gasteiger partial charge < -0.3 is 5.11 Å². The van der Waals surface area contributed by atoms with Crippen LogP contribution in [-0.4, -0.2) is 34.3 Å². The van der Waals surface area contributed by atoms with Gasteiger partial charge in [0, 0.05) is 6.42 Å². The first kappa shape index (κ1) is 11.5. The van der Waals surface area contributed by atoms with Gasteiger partial charge in [0.2, 0.25) is 5.91 Å². The predicted octanol–water partition coefficient (Wildman–Crippen LogP) is 1.62. The number of aliphatic hydroxyl groups excluding tert-OH is 1. The number of carbonyl (C=O) groups is 1. The summed E-state index contributed by atoms with van der Waals surface area (Å²) in [5.41, 5.74) is -0.0285. The van der Waals surface area contributed by atoms with Crippen LogP contribution in [0.5, 0.6) is 0 Å². The molecule has 3 aliphatic rings. The number of aliphatic hydroxyl groups is 1. The number of piperidine rings is 1. The minimum atomic E-state index is -0.176. The van der Waals surface area contributed by atoms with Gasteiger partial charge in [0.15, 0.2) is 0 Å². The van der Waals surface area contributed by atoms with E-state index in [9.17, 15) is 9.90 Å². The molecule has 0 aromatic heterocycles. The molecule has 2 aliphatic heterocycles. The maximum Gasteiger partial charge on any atom is 0.246 e. The molecule has 2 heterocycles. The van der Waals surface area contributed by atoms with Crippen molar-refractivity contribution in [3.8, 4) is 0 Å². The highest BCUT2D eigenvalue weighted by Crippen LogP contribution is 2.49. The molecule has 2 saturated heterocycles. The highest BCUT2D eigenvalue weighted by molar-refractivity contribution is 5.77. The lowest BCUT2D eigenvalue weighted by molar-refractivity contribution is -0.297. The van der Waals surface area contributed by atoms with Gasteiger partial charge in [-0.15, -0.1) is 0 Å². The van der Waals surface area contributed by atoms with E-state index in [-0.39, 0.29) is 24.2 Å². The highest BCUT2D eigenvalue weighted by atomic mass is 16.7. The molecule has 1 N–H and O–H groups in total. The number of hydroxylamine groups is 2. The van der Waals surface area contributed by atoms with E-state index in [0.29, 0.717) is 12.3 Å². The van der Waals surface area contributed by atoms with Crippen LogP contribution in [0.2, 0.25) is 0 Å². The van der Waals surface area contributed by atoms with E-state index in [0.717, 1.165) is 25.7 Å². The zero-order valence-electron chi connectivity index (χ0n) is 10.2. The van der Waals surface area contributed by atoms with Crippen LogP contribution in [0.3, 0.4) is 0 Å². The maximum atomic E-state index is 12.1.